The molecule has 6 nitrogen and oxygen atoms in total. The molecule has 2 aliphatic rings. The van der Waals surface area contributed by atoms with Crippen LogP contribution in [0, 0.1) is 0 Å². The summed E-state index contributed by atoms with van der Waals surface area (Å²) in [5.74, 6) is 0. The second-order valence-corrected chi connectivity index (χ2v) is 7.57. The number of hydrogen-bond acceptors (Lipinski definition) is 6. The smallest absolute Gasteiger partial charge is 0.409 e. The monoisotopic (exact) mass is 350 g/mol. The Balaban J connectivity index is 1.59. The van der Waals surface area contributed by atoms with E-state index < -0.39 is 0 Å². The molecule has 1 saturated heterocycles. The molecule has 1 aromatic heterocycles. The van der Waals surface area contributed by atoms with Gasteiger partial charge in [0.05, 0.1) is 18.0 Å². The number of thiazole rings is 1. The van der Waals surface area contributed by atoms with Crippen LogP contribution in [0.4, 0.5) is 4.79 Å². The van der Waals surface area contributed by atoms with Crippen molar-refractivity contribution in [2.45, 2.75) is 38.8 Å². The Hall–Kier alpha value is -1.60. The van der Waals surface area contributed by atoms with Gasteiger partial charge in [0.15, 0.2) is 0 Å². The second kappa shape index (κ2) is 7.53. The molecule has 0 unspecified atom stereocenters. The van der Waals surface area contributed by atoms with Crippen LogP contribution in [0.2, 0.25) is 0 Å². The first-order valence-corrected chi connectivity index (χ1v) is 9.43. The van der Waals surface area contributed by atoms with Crippen molar-refractivity contribution in [3.8, 4) is 0 Å². The molecule has 3 rings (SSSR count). The van der Waals surface area contributed by atoms with Gasteiger partial charge < -0.3 is 19.9 Å². The number of piperidine rings is 1. The lowest BCUT2D eigenvalue weighted by molar-refractivity contribution is 0.0944. The van der Waals surface area contributed by atoms with Gasteiger partial charge >= 0.3 is 6.09 Å². The van der Waals surface area contributed by atoms with Crippen LogP contribution in [0.3, 0.4) is 0 Å². The van der Waals surface area contributed by atoms with Crippen LogP contribution >= 0.6 is 11.3 Å². The number of aromatic nitrogens is 1. The quantitative estimate of drug-likeness (QED) is 0.903. The number of carbonyl (C=O) groups is 1. The molecule has 0 spiro atoms. The Morgan fingerprint density at radius 1 is 1.50 bits per heavy atom. The standard InChI is InChI=1S/C17H26N4O2S/c1-4-23-17(22)21-8-5-6-13(10-21)18-12(2)16-19-14-7-9-20(3)11-15(14)24-16/h13,18H,2,4-11H2,1,3H3/t13-/m0/s1. The number of carbonyl (C=O) groups excluding carboxylic acids is 1. The third-order valence-electron chi connectivity index (χ3n) is 4.51. The SMILES string of the molecule is C=C(N[C@H]1CCCN(C(=O)OCC)C1)c1nc2c(s1)CN(C)CC2. The van der Waals surface area contributed by atoms with Crippen molar-refractivity contribution in [1.29, 1.82) is 0 Å². The molecule has 1 atom stereocenters. The van der Waals surface area contributed by atoms with Crippen molar-refractivity contribution in [2.24, 2.45) is 0 Å². The van der Waals surface area contributed by atoms with Gasteiger partial charge in [0.25, 0.3) is 0 Å². The number of nitrogens with one attached hydrogen (secondary N) is 1. The fourth-order valence-corrected chi connectivity index (χ4v) is 4.36. The molecule has 0 radical (unpaired) electrons. The molecule has 0 aromatic carbocycles. The van der Waals surface area contributed by atoms with E-state index in [4.69, 9.17) is 9.72 Å². The Bertz CT molecular complexity index is 616. The predicted octanol–water partition coefficient (Wildman–Crippen LogP) is 2.31. The number of likely N-dealkylation sites (tertiary alicyclic amines) is 1. The highest BCUT2D eigenvalue weighted by Gasteiger charge is 2.26. The number of nitrogens with zero attached hydrogens (tertiary/aromatic N) is 3. The average molecular weight is 350 g/mol. The van der Waals surface area contributed by atoms with E-state index in [1.807, 2.05) is 6.92 Å². The molecule has 0 bridgehead atoms. The maximum atomic E-state index is 11.9. The summed E-state index contributed by atoms with van der Waals surface area (Å²) in [5.41, 5.74) is 2.08. The number of amides is 1. The van der Waals surface area contributed by atoms with Crippen molar-refractivity contribution in [1.82, 2.24) is 20.1 Å². The number of rotatable bonds is 4. The van der Waals surface area contributed by atoms with Crippen LogP contribution in [-0.2, 0) is 17.7 Å². The second-order valence-electron chi connectivity index (χ2n) is 6.48. The first kappa shape index (κ1) is 17.2. The molecule has 0 saturated carbocycles. The highest BCUT2D eigenvalue weighted by Crippen LogP contribution is 2.28. The van der Waals surface area contributed by atoms with Crippen molar-refractivity contribution >= 4 is 23.1 Å². The van der Waals surface area contributed by atoms with Crippen molar-refractivity contribution in [3.05, 3.63) is 22.2 Å². The minimum atomic E-state index is -0.220. The highest BCUT2D eigenvalue weighted by molar-refractivity contribution is 7.12. The van der Waals surface area contributed by atoms with Gasteiger partial charge in [0, 0.05) is 43.5 Å². The molecule has 1 N–H and O–H groups in total. The number of fused-ring (bicyclic) bond motifs is 1. The van der Waals surface area contributed by atoms with Gasteiger partial charge in [-0.2, -0.15) is 0 Å². The van der Waals surface area contributed by atoms with Gasteiger partial charge in [-0.15, -0.1) is 11.3 Å². The zero-order valence-electron chi connectivity index (χ0n) is 14.5. The number of hydrogen-bond donors (Lipinski definition) is 1. The van der Waals surface area contributed by atoms with Gasteiger partial charge in [-0.05, 0) is 26.8 Å². The van der Waals surface area contributed by atoms with Gasteiger partial charge in [-0.3, -0.25) is 0 Å². The largest absolute Gasteiger partial charge is 0.450 e. The predicted molar refractivity (Wildman–Crippen MR) is 95.9 cm³/mol. The fraction of sp³-hybridized carbons (Fsp3) is 0.647. The molecule has 1 fully saturated rings. The topological polar surface area (TPSA) is 57.7 Å². The molecule has 7 heteroatoms. The van der Waals surface area contributed by atoms with E-state index in [0.717, 1.165) is 49.6 Å². The van der Waals surface area contributed by atoms with E-state index in [-0.39, 0.29) is 12.1 Å². The summed E-state index contributed by atoms with van der Waals surface area (Å²) in [6.07, 6.45) is 2.80. The average Bonchev–Trinajstić information content (AvgIpc) is 2.98. The van der Waals surface area contributed by atoms with Gasteiger partial charge in [-0.1, -0.05) is 6.58 Å². The van der Waals surface area contributed by atoms with Crippen molar-refractivity contribution in [3.63, 3.8) is 0 Å². The summed E-state index contributed by atoms with van der Waals surface area (Å²) >= 11 is 1.73. The summed E-state index contributed by atoms with van der Waals surface area (Å²) in [6, 6.07) is 0.208. The van der Waals surface area contributed by atoms with E-state index in [1.165, 1.54) is 10.6 Å². The van der Waals surface area contributed by atoms with Crippen molar-refractivity contribution in [2.75, 3.05) is 33.3 Å². The van der Waals surface area contributed by atoms with Gasteiger partial charge in [0.1, 0.15) is 5.01 Å². The molecule has 2 aliphatic heterocycles. The lowest BCUT2D eigenvalue weighted by Crippen LogP contribution is -2.47. The summed E-state index contributed by atoms with van der Waals surface area (Å²) in [7, 11) is 2.14. The first-order chi connectivity index (χ1) is 11.6. The van der Waals surface area contributed by atoms with E-state index in [1.54, 1.807) is 16.2 Å². The van der Waals surface area contributed by atoms with Crippen LogP contribution in [0.15, 0.2) is 6.58 Å². The highest BCUT2D eigenvalue weighted by atomic mass is 32.1. The number of likely N-dealkylation sites (N-methyl/N-ethyl adjacent to an activating group) is 1. The Morgan fingerprint density at radius 3 is 3.12 bits per heavy atom. The summed E-state index contributed by atoms with van der Waals surface area (Å²) in [6.45, 7) is 9.89. The van der Waals surface area contributed by atoms with Crippen LogP contribution < -0.4 is 5.32 Å². The number of ether oxygens (including phenoxy) is 1. The minimum absolute atomic E-state index is 0.208. The van der Waals surface area contributed by atoms with Crippen molar-refractivity contribution < 1.29 is 9.53 Å². The molecular formula is C17H26N4O2S. The van der Waals surface area contributed by atoms with Gasteiger partial charge in [-0.25, -0.2) is 9.78 Å². The summed E-state index contributed by atoms with van der Waals surface area (Å²) in [4.78, 5) is 22.1. The van der Waals surface area contributed by atoms with Crippen LogP contribution in [0.1, 0.15) is 35.3 Å². The normalized spacial score (nSPS) is 21.2. The Morgan fingerprint density at radius 2 is 2.33 bits per heavy atom. The molecule has 24 heavy (non-hydrogen) atoms. The van der Waals surface area contributed by atoms with Crippen LogP contribution in [0.25, 0.3) is 5.70 Å². The van der Waals surface area contributed by atoms with E-state index >= 15 is 0 Å². The summed E-state index contributed by atoms with van der Waals surface area (Å²) < 4.78 is 5.11. The maximum absolute atomic E-state index is 11.9. The minimum Gasteiger partial charge on any atom is -0.450 e. The van der Waals surface area contributed by atoms with E-state index in [0.29, 0.717) is 13.2 Å². The third-order valence-corrected chi connectivity index (χ3v) is 5.65. The van der Waals surface area contributed by atoms with E-state index in [2.05, 4.69) is 23.8 Å². The van der Waals surface area contributed by atoms with Gasteiger partial charge in [0.2, 0.25) is 0 Å². The first-order valence-electron chi connectivity index (χ1n) is 8.61. The zero-order chi connectivity index (χ0) is 17.1. The maximum Gasteiger partial charge on any atom is 0.409 e. The Kier molecular flexibility index (Phi) is 5.40. The molecule has 1 aromatic rings. The fourth-order valence-electron chi connectivity index (χ4n) is 3.24. The molecule has 3 heterocycles. The zero-order valence-corrected chi connectivity index (χ0v) is 15.3. The lowest BCUT2D eigenvalue weighted by Gasteiger charge is -2.33. The third kappa shape index (κ3) is 3.89. The molecule has 132 valence electrons. The summed E-state index contributed by atoms with van der Waals surface area (Å²) in [5, 5.41) is 4.45. The molecule has 1 amide bonds. The van der Waals surface area contributed by atoms with E-state index in [9.17, 15) is 4.79 Å². The van der Waals surface area contributed by atoms with Crippen LogP contribution in [0.5, 0.6) is 0 Å². The van der Waals surface area contributed by atoms with Crippen LogP contribution in [-0.4, -0.2) is 60.2 Å². The lowest BCUT2D eigenvalue weighted by atomic mass is 10.1. The Labute approximate surface area is 147 Å². The molecule has 0 aliphatic carbocycles. The molecular weight excluding hydrogens is 324 g/mol.